The van der Waals surface area contributed by atoms with Crippen molar-refractivity contribution >= 4 is 17.3 Å². The molecule has 25 heavy (non-hydrogen) atoms. The van der Waals surface area contributed by atoms with E-state index in [1.54, 1.807) is 17.2 Å². The Balaban J connectivity index is 1.73. The lowest BCUT2D eigenvalue weighted by Gasteiger charge is -2.21. The van der Waals surface area contributed by atoms with Gasteiger partial charge in [-0.2, -0.15) is 10.4 Å². The molecule has 0 aliphatic carbocycles. The van der Waals surface area contributed by atoms with Crippen LogP contribution in [0, 0.1) is 11.3 Å². The first kappa shape index (κ1) is 16.8. The molecule has 0 bridgehead atoms. The summed E-state index contributed by atoms with van der Waals surface area (Å²) >= 11 is 0. The molecule has 6 heteroatoms. The van der Waals surface area contributed by atoms with E-state index >= 15 is 0 Å². The Morgan fingerprint density at radius 2 is 2.16 bits per heavy atom. The van der Waals surface area contributed by atoms with E-state index in [2.05, 4.69) is 11.2 Å². The number of carbonyl (C=O) groups excluding carboxylic acids is 1. The minimum Gasteiger partial charge on any atom is -0.467 e. The predicted octanol–water partition coefficient (Wildman–Crippen LogP) is 3.42. The first-order valence-corrected chi connectivity index (χ1v) is 8.27. The summed E-state index contributed by atoms with van der Waals surface area (Å²) in [5, 5.41) is 15.3. The molecule has 1 aromatic heterocycles. The maximum Gasteiger partial charge on any atom is 0.254 e. The van der Waals surface area contributed by atoms with Crippen molar-refractivity contribution in [3.05, 3.63) is 54.0 Å². The van der Waals surface area contributed by atoms with Crippen molar-refractivity contribution in [2.45, 2.75) is 26.3 Å². The van der Waals surface area contributed by atoms with E-state index in [9.17, 15) is 4.79 Å². The fourth-order valence-electron chi connectivity index (χ4n) is 2.75. The molecule has 0 saturated carbocycles. The molecule has 128 valence electrons. The molecule has 0 saturated heterocycles. The third-order valence-electron chi connectivity index (χ3n) is 4.10. The lowest BCUT2D eigenvalue weighted by molar-refractivity contribution is 0.0735. The van der Waals surface area contributed by atoms with Gasteiger partial charge < -0.3 is 9.32 Å². The summed E-state index contributed by atoms with van der Waals surface area (Å²) in [5.41, 5.74) is 2.68. The summed E-state index contributed by atoms with van der Waals surface area (Å²) in [5.74, 6) is 0.587. The number of rotatable bonds is 6. The Kier molecular flexibility index (Phi) is 5.14. The molecule has 0 fully saturated rings. The van der Waals surface area contributed by atoms with E-state index in [0.717, 1.165) is 24.4 Å². The molecule has 1 aliphatic rings. The molecular weight excluding hydrogens is 316 g/mol. The van der Waals surface area contributed by atoms with Crippen LogP contribution in [0.1, 0.15) is 35.9 Å². The normalized spacial score (nSPS) is 13.4. The topological polar surface area (TPSA) is 72.8 Å². The lowest BCUT2D eigenvalue weighted by atomic mass is 10.1. The fourth-order valence-corrected chi connectivity index (χ4v) is 2.75. The zero-order chi connectivity index (χ0) is 17.6. The summed E-state index contributed by atoms with van der Waals surface area (Å²) < 4.78 is 5.33. The lowest BCUT2D eigenvalue weighted by Crippen LogP contribution is -2.31. The molecule has 3 rings (SSSR count). The van der Waals surface area contributed by atoms with Crippen molar-refractivity contribution < 1.29 is 9.21 Å². The highest BCUT2D eigenvalue weighted by molar-refractivity contribution is 5.94. The van der Waals surface area contributed by atoms with Crippen LogP contribution in [0.3, 0.4) is 0 Å². The van der Waals surface area contributed by atoms with Crippen molar-refractivity contribution in [2.24, 2.45) is 5.10 Å². The van der Waals surface area contributed by atoms with Crippen molar-refractivity contribution in [2.75, 3.05) is 18.1 Å². The standard InChI is InChI=1S/C19H20N4O2/c1-15-9-12-23(21-15)17-7-5-16(6-8-17)19(24)22(11-3-10-20)14-18-4-2-13-25-18/h2,4-8,13H,3,9,11-12,14H2,1H3. The molecular formula is C19H20N4O2. The molecule has 0 atom stereocenters. The predicted molar refractivity (Wildman–Crippen MR) is 95.2 cm³/mol. The number of furan rings is 1. The Morgan fingerprint density at radius 1 is 1.36 bits per heavy atom. The number of hydrogen-bond acceptors (Lipinski definition) is 5. The van der Waals surface area contributed by atoms with Crippen molar-refractivity contribution in [3.63, 3.8) is 0 Å². The number of carbonyl (C=O) groups is 1. The Morgan fingerprint density at radius 3 is 2.76 bits per heavy atom. The van der Waals surface area contributed by atoms with Gasteiger partial charge >= 0.3 is 0 Å². The molecule has 0 unspecified atom stereocenters. The van der Waals surface area contributed by atoms with E-state index in [-0.39, 0.29) is 12.3 Å². The van der Waals surface area contributed by atoms with Gasteiger partial charge in [-0.3, -0.25) is 9.80 Å². The SMILES string of the molecule is CC1=NN(c2ccc(C(=O)N(CCC#N)Cc3ccco3)cc2)CC1. The average Bonchev–Trinajstić information content (AvgIpc) is 3.30. The fraction of sp³-hybridized carbons (Fsp3) is 0.316. The first-order chi connectivity index (χ1) is 12.2. The molecule has 0 radical (unpaired) electrons. The van der Waals surface area contributed by atoms with Crippen LogP contribution in [-0.2, 0) is 6.54 Å². The van der Waals surface area contributed by atoms with Gasteiger partial charge in [0.25, 0.3) is 5.91 Å². The number of anilines is 1. The van der Waals surface area contributed by atoms with Crippen LogP contribution in [0.15, 0.2) is 52.2 Å². The highest BCUT2D eigenvalue weighted by atomic mass is 16.3. The highest BCUT2D eigenvalue weighted by Gasteiger charge is 2.18. The number of hydrazone groups is 1. The van der Waals surface area contributed by atoms with E-state index in [1.807, 2.05) is 42.3 Å². The largest absolute Gasteiger partial charge is 0.467 e. The quantitative estimate of drug-likeness (QED) is 0.810. The van der Waals surface area contributed by atoms with Crippen molar-refractivity contribution in [3.8, 4) is 6.07 Å². The zero-order valence-electron chi connectivity index (χ0n) is 14.2. The van der Waals surface area contributed by atoms with Gasteiger partial charge in [-0.05, 0) is 43.3 Å². The van der Waals surface area contributed by atoms with Gasteiger partial charge in [0, 0.05) is 30.8 Å². The van der Waals surface area contributed by atoms with Crippen LogP contribution < -0.4 is 5.01 Å². The molecule has 1 amide bonds. The van der Waals surface area contributed by atoms with Crippen LogP contribution in [0.4, 0.5) is 5.69 Å². The summed E-state index contributed by atoms with van der Waals surface area (Å²) in [6, 6.07) is 13.1. The van der Waals surface area contributed by atoms with E-state index < -0.39 is 0 Å². The highest BCUT2D eigenvalue weighted by Crippen LogP contribution is 2.21. The minimum atomic E-state index is -0.112. The number of amides is 1. The van der Waals surface area contributed by atoms with Crippen LogP contribution in [0.25, 0.3) is 0 Å². The molecule has 0 N–H and O–H groups in total. The summed E-state index contributed by atoms with van der Waals surface area (Å²) in [7, 11) is 0. The van der Waals surface area contributed by atoms with E-state index in [0.29, 0.717) is 24.4 Å². The monoisotopic (exact) mass is 336 g/mol. The number of nitriles is 1. The molecule has 2 aromatic rings. The van der Waals surface area contributed by atoms with Gasteiger partial charge in [0.15, 0.2) is 0 Å². The summed E-state index contributed by atoms with van der Waals surface area (Å²) in [4.78, 5) is 14.4. The number of hydrogen-bond donors (Lipinski definition) is 0. The van der Waals surface area contributed by atoms with Crippen molar-refractivity contribution in [1.29, 1.82) is 5.26 Å². The first-order valence-electron chi connectivity index (χ1n) is 8.27. The number of nitrogens with zero attached hydrogens (tertiary/aromatic N) is 4. The zero-order valence-corrected chi connectivity index (χ0v) is 14.2. The minimum absolute atomic E-state index is 0.112. The van der Waals surface area contributed by atoms with Gasteiger partial charge in [-0.15, -0.1) is 0 Å². The van der Waals surface area contributed by atoms with Crippen molar-refractivity contribution in [1.82, 2.24) is 4.90 Å². The van der Waals surface area contributed by atoms with E-state index in [1.165, 1.54) is 0 Å². The van der Waals surface area contributed by atoms with Gasteiger partial charge in [0.05, 0.1) is 31.0 Å². The second-order valence-corrected chi connectivity index (χ2v) is 5.97. The average molecular weight is 336 g/mol. The van der Waals surface area contributed by atoms with E-state index in [4.69, 9.17) is 9.68 Å². The van der Waals surface area contributed by atoms with Gasteiger partial charge in [0.1, 0.15) is 5.76 Å². The van der Waals surface area contributed by atoms with Gasteiger partial charge in [-0.1, -0.05) is 0 Å². The third-order valence-corrected chi connectivity index (χ3v) is 4.10. The molecule has 1 aliphatic heterocycles. The molecule has 2 heterocycles. The maximum absolute atomic E-state index is 12.8. The molecule has 1 aromatic carbocycles. The number of benzene rings is 1. The Hall–Kier alpha value is -3.07. The molecule has 6 nitrogen and oxygen atoms in total. The van der Waals surface area contributed by atoms with Gasteiger partial charge in [0.2, 0.25) is 0 Å². The second kappa shape index (κ2) is 7.67. The molecule has 0 spiro atoms. The second-order valence-electron chi connectivity index (χ2n) is 5.97. The Bertz CT molecular complexity index is 788. The van der Waals surface area contributed by atoms with Crippen LogP contribution in [0.5, 0.6) is 0 Å². The maximum atomic E-state index is 12.8. The van der Waals surface area contributed by atoms with Crippen LogP contribution >= 0.6 is 0 Å². The van der Waals surface area contributed by atoms with Crippen LogP contribution in [-0.4, -0.2) is 29.6 Å². The van der Waals surface area contributed by atoms with Crippen LogP contribution in [0.2, 0.25) is 0 Å². The smallest absolute Gasteiger partial charge is 0.254 e. The summed E-state index contributed by atoms with van der Waals surface area (Å²) in [6.07, 6.45) is 2.83. The Labute approximate surface area is 147 Å². The van der Waals surface area contributed by atoms with Gasteiger partial charge in [-0.25, -0.2) is 0 Å². The summed E-state index contributed by atoms with van der Waals surface area (Å²) in [6.45, 7) is 3.60. The third kappa shape index (κ3) is 4.07.